The van der Waals surface area contributed by atoms with Crippen LogP contribution in [0.3, 0.4) is 0 Å². The molecule has 0 fully saturated rings. The van der Waals surface area contributed by atoms with E-state index in [-0.39, 0.29) is 5.69 Å². The number of benzene rings is 1. The number of nitrogens with zero attached hydrogens (tertiary/aromatic N) is 2. The Morgan fingerprint density at radius 1 is 1.12 bits per heavy atom. The van der Waals surface area contributed by atoms with Crippen LogP contribution >= 0.6 is 23.2 Å². The molecule has 0 aliphatic rings. The van der Waals surface area contributed by atoms with Gasteiger partial charge in [0, 0.05) is 6.20 Å². The van der Waals surface area contributed by atoms with Crippen molar-refractivity contribution >= 4 is 39.8 Å². The number of nitrogen functional groups attached to an aromatic ring is 1. The summed E-state index contributed by atoms with van der Waals surface area (Å²) < 4.78 is 88.8. The van der Waals surface area contributed by atoms with Crippen molar-refractivity contribution in [2.75, 3.05) is 5.73 Å². The molecule has 0 bridgehead atoms. The Morgan fingerprint density at radius 3 is 2.00 bits per heavy atom. The number of hydrogen-bond donors (Lipinski definition) is 1. The second kappa shape index (κ2) is 6.68. The van der Waals surface area contributed by atoms with Crippen molar-refractivity contribution in [1.82, 2.24) is 4.57 Å². The zero-order valence-electron chi connectivity index (χ0n) is 12.0. The molecule has 0 spiro atoms. The molecule has 1 unspecified atom stereocenters. The molecule has 13 heteroatoms. The first kappa shape index (κ1) is 20.4. The van der Waals surface area contributed by atoms with E-state index < -0.39 is 54.4 Å². The highest BCUT2D eigenvalue weighted by Gasteiger charge is 2.42. The highest BCUT2D eigenvalue weighted by atomic mass is 35.5. The average Bonchev–Trinajstić information content (AvgIpc) is 2.80. The molecule has 1 atom stereocenters. The normalized spacial score (nSPS) is 13.5. The topological polar surface area (TPSA) is 71.8 Å². The van der Waals surface area contributed by atoms with E-state index in [0.717, 1.165) is 6.20 Å². The van der Waals surface area contributed by atoms with Gasteiger partial charge in [-0.2, -0.15) is 31.6 Å². The number of halogens is 8. The molecule has 0 aliphatic heterocycles. The van der Waals surface area contributed by atoms with Crippen molar-refractivity contribution in [2.45, 2.75) is 16.6 Å². The first-order chi connectivity index (χ1) is 11.8. The highest BCUT2D eigenvalue weighted by Crippen LogP contribution is 2.41. The van der Waals surface area contributed by atoms with Gasteiger partial charge in [-0.25, -0.2) is 4.21 Å². The van der Waals surface area contributed by atoms with Crippen molar-refractivity contribution < 1.29 is 30.6 Å². The minimum atomic E-state index is -5.21. The molecule has 0 saturated carbocycles. The third-order valence-electron chi connectivity index (χ3n) is 3.10. The largest absolute Gasteiger partial charge is 0.476 e. The van der Waals surface area contributed by atoms with Gasteiger partial charge in [0.1, 0.15) is 16.8 Å². The Kier molecular flexibility index (Phi) is 5.24. The Hall–Kier alpha value is -1.90. The maximum atomic E-state index is 12.8. The summed E-state index contributed by atoms with van der Waals surface area (Å²) in [6, 6.07) is 2.38. The van der Waals surface area contributed by atoms with Gasteiger partial charge in [-0.1, -0.05) is 23.2 Å². The molecular formula is C13H5Cl2F6N3OS. The molecule has 1 aromatic heterocycles. The number of alkyl halides is 6. The minimum Gasteiger partial charge on any atom is -0.384 e. The molecule has 0 radical (unpaired) electrons. The van der Waals surface area contributed by atoms with Crippen LogP contribution in [0.1, 0.15) is 11.1 Å². The third kappa shape index (κ3) is 3.62. The van der Waals surface area contributed by atoms with Crippen LogP contribution in [0.4, 0.5) is 32.2 Å². The van der Waals surface area contributed by atoms with Gasteiger partial charge in [-0.15, -0.1) is 0 Å². The number of aromatic nitrogens is 1. The van der Waals surface area contributed by atoms with E-state index in [1.54, 1.807) is 0 Å². The molecule has 26 heavy (non-hydrogen) atoms. The fourth-order valence-corrected chi connectivity index (χ4v) is 3.53. The van der Waals surface area contributed by atoms with E-state index >= 15 is 0 Å². The first-order valence-corrected chi connectivity index (χ1v) is 8.15. The number of anilines is 1. The van der Waals surface area contributed by atoms with Crippen LogP contribution in [-0.4, -0.2) is 14.3 Å². The molecule has 1 aromatic carbocycles. The summed E-state index contributed by atoms with van der Waals surface area (Å²) in [5.74, 6) is -0.791. The van der Waals surface area contributed by atoms with E-state index in [1.165, 1.54) is 6.07 Å². The molecule has 2 aromatic rings. The molecule has 4 nitrogen and oxygen atoms in total. The lowest BCUT2D eigenvalue weighted by Crippen LogP contribution is -2.18. The standard InChI is InChI=1S/C13H5Cl2F6N3OS/c14-7-1-6(12(16,17)18)2-8(15)9(7)24-4-5(3-22)10(11(24)23)26(25)13(19,20)21/h1-2,4H,23H2. The molecule has 1 heterocycles. The summed E-state index contributed by atoms with van der Waals surface area (Å²) in [6.07, 6.45) is -4.01. The van der Waals surface area contributed by atoms with E-state index in [2.05, 4.69) is 0 Å². The average molecular weight is 436 g/mol. The molecule has 0 amide bonds. The predicted octanol–water partition coefficient (Wildman–Crippen LogP) is 4.88. The maximum Gasteiger partial charge on any atom is 0.476 e. The van der Waals surface area contributed by atoms with Crippen molar-refractivity contribution in [3.63, 3.8) is 0 Å². The van der Waals surface area contributed by atoms with E-state index in [1.807, 2.05) is 0 Å². The van der Waals surface area contributed by atoms with Gasteiger partial charge in [-0.3, -0.25) is 4.57 Å². The smallest absolute Gasteiger partial charge is 0.384 e. The van der Waals surface area contributed by atoms with Gasteiger partial charge in [0.2, 0.25) is 0 Å². The van der Waals surface area contributed by atoms with Crippen LogP contribution in [0.25, 0.3) is 5.69 Å². The van der Waals surface area contributed by atoms with Crippen molar-refractivity contribution in [1.29, 1.82) is 5.26 Å². The quantitative estimate of drug-likeness (QED) is 0.682. The van der Waals surface area contributed by atoms with Crippen LogP contribution in [-0.2, 0) is 17.0 Å². The fraction of sp³-hybridized carbons (Fsp3) is 0.154. The van der Waals surface area contributed by atoms with Gasteiger partial charge in [-0.05, 0) is 12.1 Å². The fourth-order valence-electron chi connectivity index (χ4n) is 2.04. The zero-order chi connectivity index (χ0) is 20.0. The van der Waals surface area contributed by atoms with Crippen LogP contribution in [0.5, 0.6) is 0 Å². The second-order valence-electron chi connectivity index (χ2n) is 4.74. The van der Waals surface area contributed by atoms with Gasteiger partial charge in [0.15, 0.2) is 10.8 Å². The Morgan fingerprint density at radius 2 is 1.62 bits per heavy atom. The van der Waals surface area contributed by atoms with Gasteiger partial charge >= 0.3 is 11.7 Å². The molecule has 0 saturated heterocycles. The van der Waals surface area contributed by atoms with Gasteiger partial charge in [0.05, 0.1) is 26.9 Å². The number of nitrogens with two attached hydrogens (primary N) is 1. The van der Waals surface area contributed by atoms with Crippen molar-refractivity contribution in [2.24, 2.45) is 0 Å². The predicted molar refractivity (Wildman–Crippen MR) is 82.4 cm³/mol. The monoisotopic (exact) mass is 435 g/mol. The van der Waals surface area contributed by atoms with Crippen LogP contribution in [0.15, 0.2) is 23.2 Å². The van der Waals surface area contributed by atoms with Crippen LogP contribution in [0.2, 0.25) is 10.0 Å². The lowest BCUT2D eigenvalue weighted by molar-refractivity contribution is -0.137. The van der Waals surface area contributed by atoms with Crippen LogP contribution < -0.4 is 5.73 Å². The summed E-state index contributed by atoms with van der Waals surface area (Å²) in [4.78, 5) is -1.04. The van der Waals surface area contributed by atoms with Crippen molar-refractivity contribution in [3.05, 3.63) is 39.5 Å². The van der Waals surface area contributed by atoms with E-state index in [9.17, 15) is 30.6 Å². The van der Waals surface area contributed by atoms with Gasteiger partial charge < -0.3 is 5.73 Å². The lowest BCUT2D eigenvalue weighted by atomic mass is 10.2. The SMILES string of the molecule is N#Cc1cn(-c2c(Cl)cc(C(F)(F)F)cc2Cl)c(N)c1S(=O)C(F)(F)F. The highest BCUT2D eigenvalue weighted by molar-refractivity contribution is 7.86. The molecule has 140 valence electrons. The lowest BCUT2D eigenvalue weighted by Gasteiger charge is -2.14. The van der Waals surface area contributed by atoms with Crippen LogP contribution in [0, 0.1) is 11.3 Å². The van der Waals surface area contributed by atoms with E-state index in [0.29, 0.717) is 16.7 Å². The maximum absolute atomic E-state index is 12.8. The Balaban J connectivity index is 2.75. The van der Waals surface area contributed by atoms with E-state index in [4.69, 9.17) is 34.2 Å². The molecule has 2 rings (SSSR count). The molecule has 0 aliphatic carbocycles. The van der Waals surface area contributed by atoms with Gasteiger partial charge in [0.25, 0.3) is 0 Å². The number of rotatable bonds is 2. The summed E-state index contributed by atoms with van der Waals surface area (Å²) in [7, 11) is -3.64. The number of hydrogen-bond acceptors (Lipinski definition) is 3. The Bertz CT molecular complexity index is 922. The van der Waals surface area contributed by atoms with Crippen molar-refractivity contribution in [3.8, 4) is 11.8 Å². The summed E-state index contributed by atoms with van der Waals surface area (Å²) in [5, 5.41) is 7.81. The minimum absolute atomic E-state index is 0.388. The zero-order valence-corrected chi connectivity index (χ0v) is 14.4. The Labute approximate surface area is 154 Å². The summed E-state index contributed by atoms with van der Waals surface area (Å²) >= 11 is 11.6. The third-order valence-corrected chi connectivity index (χ3v) is 4.89. The molecule has 2 N–H and O–H groups in total. The molecular weight excluding hydrogens is 431 g/mol. The number of nitriles is 1. The first-order valence-electron chi connectivity index (χ1n) is 6.25. The summed E-state index contributed by atoms with van der Waals surface area (Å²) in [6.45, 7) is 0. The second-order valence-corrected chi connectivity index (χ2v) is 6.96. The summed E-state index contributed by atoms with van der Waals surface area (Å²) in [5.41, 5.74) is -1.93.